The van der Waals surface area contributed by atoms with E-state index in [9.17, 15) is 18.0 Å². The first-order chi connectivity index (χ1) is 16.4. The lowest BCUT2D eigenvalue weighted by Gasteiger charge is -2.26. The van der Waals surface area contributed by atoms with Crippen LogP contribution in [0.25, 0.3) is 0 Å². The average Bonchev–Trinajstić information content (AvgIpc) is 3.36. The molecule has 3 aromatic rings. The SMILES string of the molecule is O=C(NNC(=O)c1ccccc1S(=O)(=O)N1CCOCC1)c1ccc(COc2ccccc2)o1. The molecule has 11 heteroatoms. The molecule has 34 heavy (non-hydrogen) atoms. The number of sulfonamides is 1. The highest BCUT2D eigenvalue weighted by molar-refractivity contribution is 7.89. The van der Waals surface area contributed by atoms with Gasteiger partial charge in [-0.05, 0) is 36.4 Å². The van der Waals surface area contributed by atoms with Crippen molar-refractivity contribution >= 4 is 21.8 Å². The van der Waals surface area contributed by atoms with E-state index in [2.05, 4.69) is 10.9 Å². The number of hydrazine groups is 1. The van der Waals surface area contributed by atoms with Gasteiger partial charge in [0.15, 0.2) is 5.76 Å². The van der Waals surface area contributed by atoms with Crippen LogP contribution in [0.2, 0.25) is 0 Å². The zero-order valence-corrected chi connectivity index (χ0v) is 18.9. The summed E-state index contributed by atoms with van der Waals surface area (Å²) >= 11 is 0. The second-order valence-corrected chi connectivity index (χ2v) is 9.19. The molecule has 1 aliphatic rings. The van der Waals surface area contributed by atoms with E-state index in [1.807, 2.05) is 18.2 Å². The van der Waals surface area contributed by atoms with Crippen LogP contribution in [0, 0.1) is 0 Å². The average molecular weight is 486 g/mol. The number of carbonyl (C=O) groups excluding carboxylic acids is 2. The molecule has 178 valence electrons. The van der Waals surface area contributed by atoms with Gasteiger partial charge >= 0.3 is 5.91 Å². The minimum Gasteiger partial charge on any atom is -0.486 e. The molecule has 2 aromatic carbocycles. The van der Waals surface area contributed by atoms with E-state index < -0.39 is 21.8 Å². The number of para-hydroxylation sites is 1. The predicted molar refractivity (Wildman–Crippen MR) is 120 cm³/mol. The monoisotopic (exact) mass is 485 g/mol. The van der Waals surface area contributed by atoms with Crippen molar-refractivity contribution < 1.29 is 31.9 Å². The number of hydrogen-bond donors (Lipinski definition) is 2. The van der Waals surface area contributed by atoms with Gasteiger partial charge in [0.1, 0.15) is 18.1 Å². The summed E-state index contributed by atoms with van der Waals surface area (Å²) < 4.78 is 43.5. The number of nitrogens with one attached hydrogen (secondary N) is 2. The number of carbonyl (C=O) groups is 2. The summed E-state index contributed by atoms with van der Waals surface area (Å²) in [6.45, 7) is 1.08. The molecule has 0 bridgehead atoms. The van der Waals surface area contributed by atoms with Crippen LogP contribution in [0.15, 0.2) is 76.0 Å². The second-order valence-electron chi connectivity index (χ2n) is 7.29. The standard InChI is InChI=1S/C23H23N3O7S/c27-22(19-8-4-5-9-21(19)34(29,30)26-12-14-31-15-13-26)24-25-23(28)20-11-10-18(33-20)16-32-17-6-2-1-3-7-17/h1-11H,12-16H2,(H,24,27)(H,25,28). The van der Waals surface area contributed by atoms with Gasteiger partial charge in [-0.3, -0.25) is 20.4 Å². The zero-order valence-electron chi connectivity index (χ0n) is 18.1. The summed E-state index contributed by atoms with van der Waals surface area (Å²) in [7, 11) is -3.91. The maximum atomic E-state index is 13.0. The molecule has 1 aliphatic heterocycles. The van der Waals surface area contributed by atoms with Gasteiger partial charge in [0, 0.05) is 13.1 Å². The third-order valence-electron chi connectivity index (χ3n) is 5.02. The summed E-state index contributed by atoms with van der Waals surface area (Å²) in [6.07, 6.45) is 0. The fourth-order valence-electron chi connectivity index (χ4n) is 3.30. The van der Waals surface area contributed by atoms with Crippen molar-refractivity contribution in [1.29, 1.82) is 0 Å². The lowest BCUT2D eigenvalue weighted by molar-refractivity contribution is 0.0729. The van der Waals surface area contributed by atoms with Crippen LogP contribution in [0.1, 0.15) is 26.7 Å². The molecule has 2 N–H and O–H groups in total. The molecule has 2 heterocycles. The summed E-state index contributed by atoms with van der Waals surface area (Å²) in [6, 6.07) is 18.0. The van der Waals surface area contributed by atoms with Crippen molar-refractivity contribution in [2.75, 3.05) is 26.3 Å². The molecular formula is C23H23N3O7S. The first kappa shape index (κ1) is 23.5. The van der Waals surface area contributed by atoms with Crippen LogP contribution in [0.4, 0.5) is 0 Å². The number of rotatable bonds is 7. The fraction of sp³-hybridized carbons (Fsp3) is 0.217. The third kappa shape index (κ3) is 5.45. The van der Waals surface area contributed by atoms with Crippen LogP contribution in [0.5, 0.6) is 5.75 Å². The van der Waals surface area contributed by atoms with Gasteiger partial charge < -0.3 is 13.9 Å². The number of nitrogens with zero attached hydrogens (tertiary/aromatic N) is 1. The van der Waals surface area contributed by atoms with Gasteiger partial charge in [0.25, 0.3) is 5.91 Å². The van der Waals surface area contributed by atoms with Crippen molar-refractivity contribution in [3.8, 4) is 5.75 Å². The van der Waals surface area contributed by atoms with E-state index in [1.165, 1.54) is 28.6 Å². The highest BCUT2D eigenvalue weighted by Gasteiger charge is 2.30. The van der Waals surface area contributed by atoms with Crippen molar-refractivity contribution in [2.24, 2.45) is 0 Å². The number of ether oxygens (including phenoxy) is 2. The Balaban J connectivity index is 1.38. The maximum Gasteiger partial charge on any atom is 0.305 e. The quantitative estimate of drug-likeness (QED) is 0.490. The van der Waals surface area contributed by atoms with Gasteiger partial charge in [-0.25, -0.2) is 8.42 Å². The number of amides is 2. The molecule has 1 fully saturated rings. The summed E-state index contributed by atoms with van der Waals surface area (Å²) in [5.41, 5.74) is 4.39. The van der Waals surface area contributed by atoms with E-state index in [-0.39, 0.29) is 49.1 Å². The molecule has 4 rings (SSSR count). The Labute approximate surface area is 196 Å². The Kier molecular flexibility index (Phi) is 7.26. The molecule has 0 saturated carbocycles. The maximum absolute atomic E-state index is 13.0. The molecule has 0 unspecified atom stereocenters. The van der Waals surface area contributed by atoms with Gasteiger partial charge in [-0.2, -0.15) is 4.31 Å². The Bertz CT molecular complexity index is 1250. The fourth-order valence-corrected chi connectivity index (χ4v) is 4.89. The lowest BCUT2D eigenvalue weighted by Crippen LogP contribution is -2.43. The topological polar surface area (TPSA) is 127 Å². The Morgan fingerprint density at radius 3 is 2.32 bits per heavy atom. The van der Waals surface area contributed by atoms with E-state index in [0.717, 1.165) is 0 Å². The first-order valence-corrected chi connectivity index (χ1v) is 11.9. The lowest BCUT2D eigenvalue weighted by atomic mass is 10.2. The van der Waals surface area contributed by atoms with E-state index in [0.29, 0.717) is 11.5 Å². The number of morpholine rings is 1. The number of hydrogen-bond acceptors (Lipinski definition) is 7. The second kappa shape index (κ2) is 10.5. The van der Waals surface area contributed by atoms with Crippen LogP contribution in [-0.2, 0) is 21.4 Å². The molecule has 0 atom stereocenters. The molecule has 2 amide bonds. The van der Waals surface area contributed by atoms with Crippen molar-refractivity contribution in [3.63, 3.8) is 0 Å². The molecule has 1 saturated heterocycles. The molecule has 0 aliphatic carbocycles. The van der Waals surface area contributed by atoms with E-state index >= 15 is 0 Å². The minimum atomic E-state index is -3.91. The summed E-state index contributed by atoms with van der Waals surface area (Å²) in [4.78, 5) is 25.0. The van der Waals surface area contributed by atoms with E-state index in [4.69, 9.17) is 13.9 Å². The van der Waals surface area contributed by atoms with Crippen molar-refractivity contribution in [2.45, 2.75) is 11.5 Å². The van der Waals surface area contributed by atoms with Crippen LogP contribution >= 0.6 is 0 Å². The first-order valence-electron chi connectivity index (χ1n) is 10.5. The normalized spacial score (nSPS) is 14.4. The Morgan fingerprint density at radius 1 is 0.882 bits per heavy atom. The highest BCUT2D eigenvalue weighted by Crippen LogP contribution is 2.21. The Morgan fingerprint density at radius 2 is 1.56 bits per heavy atom. The zero-order chi connectivity index (χ0) is 24.0. The molecule has 10 nitrogen and oxygen atoms in total. The van der Waals surface area contributed by atoms with Gasteiger partial charge in [-0.15, -0.1) is 0 Å². The molecule has 1 aromatic heterocycles. The number of benzene rings is 2. The van der Waals surface area contributed by atoms with Crippen molar-refractivity contribution in [1.82, 2.24) is 15.2 Å². The minimum absolute atomic E-state index is 0.0406. The van der Waals surface area contributed by atoms with Gasteiger partial charge in [0.2, 0.25) is 10.0 Å². The molecule has 0 spiro atoms. The summed E-state index contributed by atoms with van der Waals surface area (Å²) in [5, 5.41) is 0. The molecule has 0 radical (unpaired) electrons. The van der Waals surface area contributed by atoms with Crippen LogP contribution in [-0.4, -0.2) is 50.8 Å². The van der Waals surface area contributed by atoms with Crippen LogP contribution in [0.3, 0.4) is 0 Å². The Hall–Kier alpha value is -3.67. The predicted octanol–water partition coefficient (Wildman–Crippen LogP) is 1.95. The largest absolute Gasteiger partial charge is 0.486 e. The number of furan rings is 1. The molecular weight excluding hydrogens is 462 g/mol. The van der Waals surface area contributed by atoms with Gasteiger partial charge in [-0.1, -0.05) is 30.3 Å². The van der Waals surface area contributed by atoms with Crippen molar-refractivity contribution in [3.05, 3.63) is 83.8 Å². The summed E-state index contributed by atoms with van der Waals surface area (Å²) in [5.74, 6) is -0.445. The van der Waals surface area contributed by atoms with E-state index in [1.54, 1.807) is 24.3 Å². The highest BCUT2D eigenvalue weighted by atomic mass is 32.2. The third-order valence-corrected chi connectivity index (χ3v) is 6.98. The van der Waals surface area contributed by atoms with Gasteiger partial charge in [0.05, 0.1) is 23.7 Å². The van der Waals surface area contributed by atoms with Crippen LogP contribution < -0.4 is 15.6 Å². The smallest absolute Gasteiger partial charge is 0.305 e.